The summed E-state index contributed by atoms with van der Waals surface area (Å²) in [6, 6.07) is 5.69. The average Bonchev–Trinajstić information content (AvgIpc) is 3.46. The van der Waals surface area contributed by atoms with Gasteiger partial charge in [0.1, 0.15) is 22.3 Å². The maximum atomic E-state index is 10.9. The van der Waals surface area contributed by atoms with Gasteiger partial charge in [0.15, 0.2) is 0 Å². The number of phenolic OH excluding ortho intramolecular Hbond substituents is 2. The molecule has 0 fully saturated rings. The molecule has 0 atom stereocenters. The molecule has 5 heteroatoms. The zero-order chi connectivity index (χ0) is 24.1. The molecule has 3 aliphatic rings. The largest absolute Gasteiger partial charge is 0.507 e. The maximum absolute atomic E-state index is 10.9. The lowest BCUT2D eigenvalue weighted by atomic mass is 9.97. The molecule has 3 aliphatic heterocycles. The van der Waals surface area contributed by atoms with Crippen molar-refractivity contribution in [3.63, 3.8) is 0 Å². The molecule has 0 aliphatic carbocycles. The summed E-state index contributed by atoms with van der Waals surface area (Å²) in [4.78, 5) is 9.73. The van der Waals surface area contributed by atoms with E-state index in [1.54, 1.807) is 13.0 Å². The zero-order valence-corrected chi connectivity index (χ0v) is 20.2. The highest BCUT2D eigenvalue weighted by molar-refractivity contribution is 6.24. The van der Waals surface area contributed by atoms with Crippen molar-refractivity contribution in [3.05, 3.63) is 79.4 Å². The number of fused-ring (bicyclic) bond motifs is 6. The van der Waals surface area contributed by atoms with Crippen molar-refractivity contribution in [2.45, 2.75) is 47.5 Å². The van der Waals surface area contributed by atoms with Crippen LogP contribution in [0.5, 0.6) is 11.5 Å². The lowest BCUT2D eigenvalue weighted by Gasteiger charge is -2.11. The molecule has 0 amide bonds. The predicted molar refractivity (Wildman–Crippen MR) is 138 cm³/mol. The van der Waals surface area contributed by atoms with Crippen molar-refractivity contribution in [2.24, 2.45) is 9.98 Å². The van der Waals surface area contributed by atoms with Crippen molar-refractivity contribution in [1.82, 2.24) is 0 Å². The summed E-state index contributed by atoms with van der Waals surface area (Å²) in [7, 11) is 0. The van der Waals surface area contributed by atoms with Crippen molar-refractivity contribution < 1.29 is 14.6 Å². The van der Waals surface area contributed by atoms with E-state index >= 15 is 0 Å². The number of nitrogens with zero attached hydrogens (tertiary/aromatic N) is 2. The van der Waals surface area contributed by atoms with Crippen molar-refractivity contribution in [3.8, 4) is 11.5 Å². The molecular formula is C29H28N2O3. The first-order valence-corrected chi connectivity index (χ1v) is 11.7. The Bertz CT molecular complexity index is 1440. The number of allylic oxidation sites excluding steroid dienone is 4. The van der Waals surface area contributed by atoms with Crippen LogP contribution in [0, 0.1) is 6.92 Å². The predicted octanol–water partition coefficient (Wildman–Crippen LogP) is 5.32. The highest BCUT2D eigenvalue weighted by atomic mass is 16.3. The topological polar surface area (TPSA) is 78.3 Å². The Morgan fingerprint density at radius 2 is 1.15 bits per heavy atom. The van der Waals surface area contributed by atoms with E-state index in [0.717, 1.165) is 68.8 Å². The van der Waals surface area contributed by atoms with E-state index < -0.39 is 0 Å². The third-order valence-corrected chi connectivity index (χ3v) is 6.84. The van der Waals surface area contributed by atoms with Crippen LogP contribution in [-0.2, 0) is 0 Å². The molecule has 5 nitrogen and oxygen atoms in total. The summed E-state index contributed by atoms with van der Waals surface area (Å²) in [6.45, 7) is 10.0. The number of aliphatic imine (C=N–C) groups is 2. The summed E-state index contributed by atoms with van der Waals surface area (Å²) in [5.74, 6) is 0.104. The smallest absolute Gasteiger partial charge is 0.129 e. The lowest BCUT2D eigenvalue weighted by molar-refractivity contribution is 0.441. The Kier molecular flexibility index (Phi) is 5.28. The number of hydrogen-bond acceptors (Lipinski definition) is 5. The lowest BCUT2D eigenvalue weighted by Crippen LogP contribution is -2.06. The van der Waals surface area contributed by atoms with Crippen molar-refractivity contribution in [1.29, 1.82) is 0 Å². The minimum atomic E-state index is 0.0519. The normalized spacial score (nSPS) is 17.2. The molecule has 0 saturated heterocycles. The maximum Gasteiger partial charge on any atom is 0.129 e. The number of phenols is 2. The van der Waals surface area contributed by atoms with Gasteiger partial charge in [0.25, 0.3) is 0 Å². The van der Waals surface area contributed by atoms with Gasteiger partial charge in [-0.3, -0.25) is 0 Å². The Hall–Kier alpha value is -3.86. The Labute approximate surface area is 198 Å². The molecule has 2 N–H and O–H groups in total. The van der Waals surface area contributed by atoms with E-state index in [4.69, 9.17) is 14.4 Å². The van der Waals surface area contributed by atoms with Crippen LogP contribution in [0.25, 0.3) is 24.3 Å². The molecule has 2 aromatic rings. The number of benzene rings is 1. The van der Waals surface area contributed by atoms with Crippen LogP contribution in [0.1, 0.15) is 57.2 Å². The molecule has 4 heterocycles. The van der Waals surface area contributed by atoms with Gasteiger partial charge in [-0.2, -0.15) is 0 Å². The van der Waals surface area contributed by atoms with Gasteiger partial charge in [0.05, 0.1) is 22.8 Å². The second-order valence-corrected chi connectivity index (χ2v) is 8.87. The van der Waals surface area contributed by atoms with Crippen molar-refractivity contribution in [2.75, 3.05) is 0 Å². The van der Waals surface area contributed by atoms with Crippen LogP contribution in [0.15, 0.2) is 66.3 Å². The number of furan rings is 1. The summed E-state index contributed by atoms with van der Waals surface area (Å²) in [6.07, 6.45) is 9.31. The average molecular weight is 453 g/mol. The number of rotatable bonds is 2. The van der Waals surface area contributed by atoms with Crippen molar-refractivity contribution >= 4 is 35.7 Å². The SMILES string of the molecule is CCC1=C(C)C2=NC1=Cc1cc(c(O)c(C)c1O)C=C1N=C(C=c3ccc(o3)=C2)C(C)=C1CC. The Balaban J connectivity index is 1.86. The van der Waals surface area contributed by atoms with E-state index in [-0.39, 0.29) is 11.5 Å². The molecule has 5 rings (SSSR count). The minimum absolute atomic E-state index is 0.0519. The van der Waals surface area contributed by atoms with Gasteiger partial charge < -0.3 is 14.6 Å². The van der Waals surface area contributed by atoms with Crippen LogP contribution < -0.4 is 10.8 Å². The van der Waals surface area contributed by atoms with E-state index in [2.05, 4.69) is 27.7 Å². The van der Waals surface area contributed by atoms with E-state index in [1.165, 1.54) is 0 Å². The molecule has 34 heavy (non-hydrogen) atoms. The number of aromatic hydroxyl groups is 2. The number of hydrogen-bond donors (Lipinski definition) is 2. The standard InChI is InChI=1S/C29H28N2O3/c1-6-22-15(3)24-13-20-8-9-21(34-20)14-25-16(4)23(7-2)27(31-25)12-19-10-18(11-26(22)30-24)28(32)17(5)29(19)33/h8-14,32-33H,6-7H2,1-5H3. The van der Waals surface area contributed by atoms with Crippen LogP contribution in [-0.4, -0.2) is 21.6 Å². The monoisotopic (exact) mass is 452 g/mol. The fraction of sp³-hybridized carbons (Fsp3) is 0.241. The van der Waals surface area contributed by atoms with Gasteiger partial charge in [-0.05, 0) is 86.3 Å². The molecule has 0 unspecified atom stereocenters. The molecule has 8 bridgehead atoms. The van der Waals surface area contributed by atoms with Gasteiger partial charge in [-0.25, -0.2) is 9.98 Å². The second kappa shape index (κ2) is 8.17. The molecule has 0 saturated carbocycles. The van der Waals surface area contributed by atoms with Crippen LogP contribution in [0.4, 0.5) is 0 Å². The van der Waals surface area contributed by atoms with E-state index in [9.17, 15) is 10.2 Å². The first kappa shape index (κ1) is 22.0. The second-order valence-electron chi connectivity index (χ2n) is 8.87. The summed E-state index contributed by atoms with van der Waals surface area (Å²) in [5, 5.41) is 21.7. The van der Waals surface area contributed by atoms with Gasteiger partial charge in [0.2, 0.25) is 0 Å². The zero-order valence-electron chi connectivity index (χ0n) is 20.2. The first-order chi connectivity index (χ1) is 16.3. The minimum Gasteiger partial charge on any atom is -0.507 e. The van der Waals surface area contributed by atoms with Gasteiger partial charge in [-0.15, -0.1) is 0 Å². The fourth-order valence-electron chi connectivity index (χ4n) is 4.83. The summed E-state index contributed by atoms with van der Waals surface area (Å²) in [5.41, 5.74) is 10.8. The molecule has 1 aromatic heterocycles. The van der Waals surface area contributed by atoms with Crippen LogP contribution in [0.3, 0.4) is 0 Å². The highest BCUT2D eigenvalue weighted by Crippen LogP contribution is 2.39. The molecular weight excluding hydrogens is 424 g/mol. The first-order valence-electron chi connectivity index (χ1n) is 11.7. The van der Waals surface area contributed by atoms with Crippen LogP contribution in [0.2, 0.25) is 0 Å². The molecule has 172 valence electrons. The summed E-state index contributed by atoms with van der Waals surface area (Å²) >= 11 is 0. The summed E-state index contributed by atoms with van der Waals surface area (Å²) < 4.78 is 6.08. The quantitative estimate of drug-likeness (QED) is 0.647. The fourth-order valence-corrected chi connectivity index (χ4v) is 4.83. The van der Waals surface area contributed by atoms with Crippen LogP contribution >= 0.6 is 0 Å². The third-order valence-electron chi connectivity index (χ3n) is 6.84. The van der Waals surface area contributed by atoms with Gasteiger partial charge in [-0.1, -0.05) is 13.8 Å². The molecule has 0 radical (unpaired) electrons. The third kappa shape index (κ3) is 3.48. The highest BCUT2D eigenvalue weighted by Gasteiger charge is 2.22. The van der Waals surface area contributed by atoms with E-state index in [1.807, 2.05) is 36.4 Å². The molecule has 1 aromatic carbocycles. The Morgan fingerprint density at radius 1 is 0.706 bits per heavy atom. The van der Waals surface area contributed by atoms with E-state index in [0.29, 0.717) is 16.7 Å². The van der Waals surface area contributed by atoms with Gasteiger partial charge in [0, 0.05) is 28.8 Å². The molecule has 0 spiro atoms. The van der Waals surface area contributed by atoms with Gasteiger partial charge >= 0.3 is 0 Å². The Morgan fingerprint density at radius 3 is 1.56 bits per heavy atom.